The first-order chi connectivity index (χ1) is 8.07. The Bertz CT molecular complexity index is 234. The molecule has 1 fully saturated rings. The number of hydrogen-bond acceptors (Lipinski definition) is 2. The Labute approximate surface area is 106 Å². The van der Waals surface area contributed by atoms with Gasteiger partial charge in [0.05, 0.1) is 0 Å². The van der Waals surface area contributed by atoms with Crippen LogP contribution in [0.4, 0.5) is 0 Å². The van der Waals surface area contributed by atoms with Crippen molar-refractivity contribution in [1.82, 2.24) is 10.2 Å². The molecule has 0 radical (unpaired) electrons. The predicted octanol–water partition coefficient (Wildman–Crippen LogP) is 2.27. The fourth-order valence-electron chi connectivity index (χ4n) is 2.38. The van der Waals surface area contributed by atoms with Gasteiger partial charge in [0.15, 0.2) is 0 Å². The number of hydrogen-bond donors (Lipinski definition) is 1. The van der Waals surface area contributed by atoms with Crippen LogP contribution < -0.4 is 5.32 Å². The molecule has 1 amide bonds. The molecule has 1 atom stereocenters. The van der Waals surface area contributed by atoms with Gasteiger partial charge >= 0.3 is 0 Å². The van der Waals surface area contributed by atoms with Crippen molar-refractivity contribution in [2.75, 3.05) is 19.6 Å². The maximum absolute atomic E-state index is 12.5. The minimum atomic E-state index is 0.149. The number of carbonyl (C=O) groups is 1. The molecule has 100 valence electrons. The fraction of sp³-hybridized carbons (Fsp3) is 0.929. The summed E-state index contributed by atoms with van der Waals surface area (Å²) < 4.78 is 0. The van der Waals surface area contributed by atoms with E-state index < -0.39 is 0 Å². The van der Waals surface area contributed by atoms with Gasteiger partial charge in [0.1, 0.15) is 0 Å². The molecule has 17 heavy (non-hydrogen) atoms. The smallest absolute Gasteiger partial charge is 0.225 e. The van der Waals surface area contributed by atoms with Crippen molar-refractivity contribution in [2.45, 2.75) is 53.0 Å². The highest BCUT2D eigenvalue weighted by Gasteiger charge is 2.28. The van der Waals surface area contributed by atoms with E-state index in [0.29, 0.717) is 17.9 Å². The van der Waals surface area contributed by atoms with E-state index >= 15 is 0 Å². The van der Waals surface area contributed by atoms with Crippen LogP contribution in [0.5, 0.6) is 0 Å². The van der Waals surface area contributed by atoms with E-state index in [2.05, 4.69) is 37.9 Å². The van der Waals surface area contributed by atoms with Crippen LogP contribution in [0.2, 0.25) is 0 Å². The normalized spacial score (nSPS) is 19.4. The summed E-state index contributed by atoms with van der Waals surface area (Å²) in [4.78, 5) is 14.6. The molecule has 1 aliphatic rings. The summed E-state index contributed by atoms with van der Waals surface area (Å²) in [5.41, 5.74) is 0. The molecule has 0 aromatic carbocycles. The van der Waals surface area contributed by atoms with Crippen LogP contribution in [-0.4, -0.2) is 36.5 Å². The molecule has 0 bridgehead atoms. The van der Waals surface area contributed by atoms with Crippen molar-refractivity contribution in [1.29, 1.82) is 0 Å². The molecule has 1 saturated heterocycles. The van der Waals surface area contributed by atoms with Gasteiger partial charge < -0.3 is 10.2 Å². The quantitative estimate of drug-likeness (QED) is 0.799. The number of rotatable bonds is 5. The first-order valence-electron chi connectivity index (χ1n) is 7.09. The molecule has 3 heteroatoms. The molecule has 0 aromatic heterocycles. The Kier molecular flexibility index (Phi) is 5.96. The van der Waals surface area contributed by atoms with E-state index in [1.165, 1.54) is 0 Å². The summed E-state index contributed by atoms with van der Waals surface area (Å²) in [6, 6.07) is 0.463. The van der Waals surface area contributed by atoms with E-state index in [1.807, 2.05) is 0 Å². The van der Waals surface area contributed by atoms with Crippen LogP contribution in [0.3, 0.4) is 0 Å². The van der Waals surface area contributed by atoms with Gasteiger partial charge in [0.2, 0.25) is 5.91 Å². The zero-order valence-electron chi connectivity index (χ0n) is 11.8. The summed E-state index contributed by atoms with van der Waals surface area (Å²) in [6.07, 6.45) is 3.27. The number of carbonyl (C=O) groups excluding carboxylic acids is 1. The lowest BCUT2D eigenvalue weighted by molar-refractivity contribution is -0.139. The molecular formula is C14H28N2O. The van der Waals surface area contributed by atoms with Crippen LogP contribution in [0.1, 0.15) is 47.0 Å². The molecule has 0 saturated carbocycles. The predicted molar refractivity (Wildman–Crippen MR) is 71.9 cm³/mol. The van der Waals surface area contributed by atoms with Crippen LogP contribution in [0.25, 0.3) is 0 Å². The van der Waals surface area contributed by atoms with Gasteiger partial charge in [-0.05, 0) is 38.3 Å². The molecule has 1 unspecified atom stereocenters. The van der Waals surface area contributed by atoms with Crippen LogP contribution in [-0.2, 0) is 4.79 Å². The summed E-state index contributed by atoms with van der Waals surface area (Å²) in [5, 5.41) is 3.36. The highest BCUT2D eigenvalue weighted by molar-refractivity contribution is 5.79. The van der Waals surface area contributed by atoms with E-state index in [9.17, 15) is 4.79 Å². The first kappa shape index (κ1) is 14.5. The van der Waals surface area contributed by atoms with E-state index in [0.717, 1.165) is 38.9 Å². The van der Waals surface area contributed by atoms with Crippen molar-refractivity contribution in [3.8, 4) is 0 Å². The van der Waals surface area contributed by atoms with Crippen LogP contribution >= 0.6 is 0 Å². The van der Waals surface area contributed by atoms with Gasteiger partial charge in [0.25, 0.3) is 0 Å². The lowest BCUT2D eigenvalue weighted by Crippen LogP contribution is -2.48. The molecule has 1 heterocycles. The zero-order valence-corrected chi connectivity index (χ0v) is 11.8. The number of nitrogens with one attached hydrogen (secondary N) is 1. The molecule has 1 rings (SSSR count). The third-order valence-corrected chi connectivity index (χ3v) is 3.89. The van der Waals surface area contributed by atoms with Crippen molar-refractivity contribution >= 4 is 5.91 Å². The Hall–Kier alpha value is -0.570. The standard InChI is InChI=1S/C14H28N2O/c1-5-10-16(13-6-8-15-9-7-13)14(17)12(4)11(2)3/h11-13,15H,5-10H2,1-4H3. The van der Waals surface area contributed by atoms with E-state index in [1.54, 1.807) is 0 Å². The summed E-state index contributed by atoms with van der Waals surface area (Å²) in [5.74, 6) is 0.939. The van der Waals surface area contributed by atoms with Crippen molar-refractivity contribution in [3.05, 3.63) is 0 Å². The van der Waals surface area contributed by atoms with Gasteiger partial charge in [-0.3, -0.25) is 4.79 Å². The molecule has 1 N–H and O–H groups in total. The maximum Gasteiger partial charge on any atom is 0.225 e. The molecule has 0 spiro atoms. The van der Waals surface area contributed by atoms with Crippen LogP contribution in [0, 0.1) is 11.8 Å². The topological polar surface area (TPSA) is 32.3 Å². The van der Waals surface area contributed by atoms with Gasteiger partial charge in [-0.25, -0.2) is 0 Å². The Morgan fingerprint density at radius 3 is 2.35 bits per heavy atom. The number of amides is 1. The highest BCUT2D eigenvalue weighted by atomic mass is 16.2. The molecule has 3 nitrogen and oxygen atoms in total. The average molecular weight is 240 g/mol. The molecule has 0 aliphatic carbocycles. The van der Waals surface area contributed by atoms with E-state index in [-0.39, 0.29) is 5.92 Å². The van der Waals surface area contributed by atoms with Gasteiger partial charge in [-0.2, -0.15) is 0 Å². The second kappa shape index (κ2) is 7.00. The highest BCUT2D eigenvalue weighted by Crippen LogP contribution is 2.19. The zero-order chi connectivity index (χ0) is 12.8. The van der Waals surface area contributed by atoms with Gasteiger partial charge in [-0.1, -0.05) is 27.7 Å². The molecule has 0 aromatic rings. The van der Waals surface area contributed by atoms with Crippen molar-refractivity contribution < 1.29 is 4.79 Å². The Morgan fingerprint density at radius 2 is 1.88 bits per heavy atom. The molecular weight excluding hydrogens is 212 g/mol. The number of nitrogens with zero attached hydrogens (tertiary/aromatic N) is 1. The maximum atomic E-state index is 12.5. The first-order valence-corrected chi connectivity index (χ1v) is 7.09. The summed E-state index contributed by atoms with van der Waals surface area (Å²) >= 11 is 0. The third-order valence-electron chi connectivity index (χ3n) is 3.89. The van der Waals surface area contributed by atoms with Crippen molar-refractivity contribution in [2.24, 2.45) is 11.8 Å². The average Bonchev–Trinajstić information content (AvgIpc) is 2.35. The van der Waals surface area contributed by atoms with Gasteiger partial charge in [0, 0.05) is 18.5 Å². The Balaban J connectivity index is 2.66. The summed E-state index contributed by atoms with van der Waals surface area (Å²) in [6.45, 7) is 11.5. The lowest BCUT2D eigenvalue weighted by Gasteiger charge is -2.37. The minimum Gasteiger partial charge on any atom is -0.339 e. The van der Waals surface area contributed by atoms with Gasteiger partial charge in [-0.15, -0.1) is 0 Å². The third kappa shape index (κ3) is 3.98. The SMILES string of the molecule is CCCN(C(=O)C(C)C(C)C)C1CCNCC1. The minimum absolute atomic E-state index is 0.149. The lowest BCUT2D eigenvalue weighted by atomic mass is 9.94. The monoisotopic (exact) mass is 240 g/mol. The number of piperidine rings is 1. The summed E-state index contributed by atoms with van der Waals surface area (Å²) in [7, 11) is 0. The second-order valence-corrected chi connectivity index (χ2v) is 5.55. The van der Waals surface area contributed by atoms with Crippen LogP contribution in [0.15, 0.2) is 0 Å². The fourth-order valence-corrected chi connectivity index (χ4v) is 2.38. The Morgan fingerprint density at radius 1 is 1.29 bits per heavy atom. The largest absolute Gasteiger partial charge is 0.339 e. The van der Waals surface area contributed by atoms with Crippen molar-refractivity contribution in [3.63, 3.8) is 0 Å². The van der Waals surface area contributed by atoms with E-state index in [4.69, 9.17) is 0 Å². The molecule has 1 aliphatic heterocycles. The second-order valence-electron chi connectivity index (χ2n) is 5.55.